The highest BCUT2D eigenvalue weighted by Gasteiger charge is 2.12. The molecule has 0 heterocycles. The summed E-state index contributed by atoms with van der Waals surface area (Å²) in [6.45, 7) is 9.11. The average Bonchev–Trinajstić information content (AvgIpc) is 2.48. The summed E-state index contributed by atoms with van der Waals surface area (Å²) in [7, 11) is 0. The van der Waals surface area contributed by atoms with E-state index in [-0.39, 0.29) is 0 Å². The zero-order valence-corrected chi connectivity index (χ0v) is 13.7. The highest BCUT2D eigenvalue weighted by atomic mass is 35.5. The fourth-order valence-corrected chi connectivity index (χ4v) is 2.70. The van der Waals surface area contributed by atoms with Crippen LogP contribution in [-0.4, -0.2) is 13.1 Å². The van der Waals surface area contributed by atoms with Gasteiger partial charge in [0.05, 0.1) is 0 Å². The van der Waals surface area contributed by atoms with Crippen LogP contribution in [0.25, 0.3) is 0 Å². The quantitative estimate of drug-likeness (QED) is 0.815. The molecule has 0 unspecified atom stereocenters. The van der Waals surface area contributed by atoms with Crippen molar-refractivity contribution in [3.8, 4) is 0 Å². The highest BCUT2D eigenvalue weighted by molar-refractivity contribution is 6.30. The zero-order chi connectivity index (χ0) is 15.2. The fraction of sp³-hybridized carbons (Fsp3) is 0.333. The van der Waals surface area contributed by atoms with E-state index in [4.69, 9.17) is 11.6 Å². The van der Waals surface area contributed by atoms with E-state index in [2.05, 4.69) is 67.4 Å². The predicted octanol–water partition coefficient (Wildman–Crippen LogP) is 4.92. The van der Waals surface area contributed by atoms with Crippen LogP contribution in [-0.2, 0) is 6.54 Å². The molecule has 112 valence electrons. The van der Waals surface area contributed by atoms with E-state index in [1.165, 1.54) is 22.5 Å². The van der Waals surface area contributed by atoms with Gasteiger partial charge in [-0.05, 0) is 61.9 Å². The molecule has 0 saturated heterocycles. The molecule has 0 atom stereocenters. The monoisotopic (exact) mass is 302 g/mol. The van der Waals surface area contributed by atoms with Crippen LogP contribution in [0.2, 0.25) is 5.02 Å². The minimum atomic E-state index is 0.784. The first-order valence-electron chi connectivity index (χ1n) is 7.49. The maximum Gasteiger partial charge on any atom is 0.0457 e. The second-order valence-electron chi connectivity index (χ2n) is 5.14. The first kappa shape index (κ1) is 15.9. The lowest BCUT2D eigenvalue weighted by atomic mass is 10.1. The summed E-state index contributed by atoms with van der Waals surface area (Å²) >= 11 is 6.17. The van der Waals surface area contributed by atoms with Crippen molar-refractivity contribution in [3.63, 3.8) is 0 Å². The topological polar surface area (TPSA) is 15.3 Å². The summed E-state index contributed by atoms with van der Waals surface area (Å²) in [4.78, 5) is 2.33. The molecule has 2 nitrogen and oxygen atoms in total. The average molecular weight is 303 g/mol. The maximum atomic E-state index is 6.17. The van der Waals surface area contributed by atoms with Gasteiger partial charge in [0.2, 0.25) is 0 Å². The summed E-state index contributed by atoms with van der Waals surface area (Å²) in [6.07, 6.45) is 0. The smallest absolute Gasteiger partial charge is 0.0457 e. The molecular weight excluding hydrogens is 280 g/mol. The Morgan fingerprint density at radius 1 is 1.10 bits per heavy atom. The molecule has 2 aromatic rings. The number of aryl methyl sites for hydroxylation is 1. The number of benzene rings is 2. The number of halogens is 1. The molecule has 21 heavy (non-hydrogen) atoms. The van der Waals surface area contributed by atoms with Crippen LogP contribution in [0.15, 0.2) is 42.5 Å². The Balaban J connectivity index is 2.41. The number of hydrogen-bond donors (Lipinski definition) is 1. The lowest BCUT2D eigenvalue weighted by molar-refractivity contribution is 0.725. The molecule has 3 heteroatoms. The normalized spacial score (nSPS) is 10.7. The molecule has 0 aromatic heterocycles. The predicted molar refractivity (Wildman–Crippen MR) is 92.7 cm³/mol. The third-order valence-electron chi connectivity index (χ3n) is 3.53. The van der Waals surface area contributed by atoms with Crippen molar-refractivity contribution < 1.29 is 0 Å². The summed E-state index contributed by atoms with van der Waals surface area (Å²) in [5.41, 5.74) is 4.94. The van der Waals surface area contributed by atoms with Crippen molar-refractivity contribution in [3.05, 3.63) is 58.6 Å². The standard InChI is InChI=1S/C18H23ClN2/c1-4-20-13-15-12-16(19)9-10-18(15)21(5-2)17-8-6-7-14(3)11-17/h6-12,20H,4-5,13H2,1-3H3. The molecule has 1 N–H and O–H groups in total. The second kappa shape index (κ2) is 7.48. The SMILES string of the molecule is CCNCc1cc(Cl)ccc1N(CC)c1cccc(C)c1. The van der Waals surface area contributed by atoms with Gasteiger partial charge in [0.1, 0.15) is 0 Å². The van der Waals surface area contributed by atoms with Crippen LogP contribution in [0.5, 0.6) is 0 Å². The number of anilines is 2. The van der Waals surface area contributed by atoms with Crippen molar-refractivity contribution in [2.24, 2.45) is 0 Å². The molecule has 2 rings (SSSR count). The van der Waals surface area contributed by atoms with Crippen molar-refractivity contribution in [1.82, 2.24) is 5.32 Å². The Kier molecular flexibility index (Phi) is 5.66. The van der Waals surface area contributed by atoms with E-state index < -0.39 is 0 Å². The van der Waals surface area contributed by atoms with Gasteiger partial charge in [-0.3, -0.25) is 0 Å². The molecule has 0 fully saturated rings. The lowest BCUT2D eigenvalue weighted by Crippen LogP contribution is -2.20. The van der Waals surface area contributed by atoms with Gasteiger partial charge in [0, 0.05) is 29.5 Å². The van der Waals surface area contributed by atoms with Crippen LogP contribution in [0.3, 0.4) is 0 Å². The van der Waals surface area contributed by atoms with Crippen molar-refractivity contribution >= 4 is 23.0 Å². The highest BCUT2D eigenvalue weighted by Crippen LogP contribution is 2.30. The van der Waals surface area contributed by atoms with E-state index in [9.17, 15) is 0 Å². The van der Waals surface area contributed by atoms with Crippen LogP contribution < -0.4 is 10.2 Å². The minimum absolute atomic E-state index is 0.784. The van der Waals surface area contributed by atoms with E-state index in [1.54, 1.807) is 0 Å². The summed E-state index contributed by atoms with van der Waals surface area (Å²) < 4.78 is 0. The molecule has 2 aromatic carbocycles. The molecular formula is C18H23ClN2. The van der Waals surface area contributed by atoms with Gasteiger partial charge in [0.15, 0.2) is 0 Å². The van der Waals surface area contributed by atoms with Gasteiger partial charge >= 0.3 is 0 Å². The van der Waals surface area contributed by atoms with Gasteiger partial charge in [-0.25, -0.2) is 0 Å². The lowest BCUT2D eigenvalue weighted by Gasteiger charge is -2.26. The number of hydrogen-bond acceptors (Lipinski definition) is 2. The van der Waals surface area contributed by atoms with Crippen molar-refractivity contribution in [2.75, 3.05) is 18.0 Å². The van der Waals surface area contributed by atoms with Crippen molar-refractivity contribution in [2.45, 2.75) is 27.3 Å². The third kappa shape index (κ3) is 3.99. The first-order valence-corrected chi connectivity index (χ1v) is 7.86. The fourth-order valence-electron chi connectivity index (χ4n) is 2.51. The van der Waals surface area contributed by atoms with E-state index in [0.717, 1.165) is 24.7 Å². The third-order valence-corrected chi connectivity index (χ3v) is 3.76. The second-order valence-corrected chi connectivity index (χ2v) is 5.57. The summed E-state index contributed by atoms with van der Waals surface area (Å²) in [6, 6.07) is 14.7. The first-order chi connectivity index (χ1) is 10.2. The van der Waals surface area contributed by atoms with Crippen LogP contribution in [0, 0.1) is 6.92 Å². The Morgan fingerprint density at radius 2 is 1.90 bits per heavy atom. The number of nitrogens with one attached hydrogen (secondary N) is 1. The summed E-state index contributed by atoms with van der Waals surface area (Å²) in [5.74, 6) is 0. The molecule has 0 aliphatic carbocycles. The van der Waals surface area contributed by atoms with Gasteiger partial charge in [-0.1, -0.05) is 30.7 Å². The Bertz CT molecular complexity index is 596. The summed E-state index contributed by atoms with van der Waals surface area (Å²) in [5, 5.41) is 4.17. The van der Waals surface area contributed by atoms with E-state index in [0.29, 0.717) is 0 Å². The number of nitrogens with zero attached hydrogens (tertiary/aromatic N) is 1. The Hall–Kier alpha value is -1.51. The van der Waals surface area contributed by atoms with Crippen LogP contribution in [0.1, 0.15) is 25.0 Å². The molecule has 0 aliphatic rings. The molecule has 0 saturated carbocycles. The van der Waals surface area contributed by atoms with Gasteiger partial charge in [-0.2, -0.15) is 0 Å². The van der Waals surface area contributed by atoms with Gasteiger partial charge < -0.3 is 10.2 Å². The molecule has 0 radical (unpaired) electrons. The van der Waals surface area contributed by atoms with Crippen LogP contribution in [0.4, 0.5) is 11.4 Å². The van der Waals surface area contributed by atoms with E-state index >= 15 is 0 Å². The minimum Gasteiger partial charge on any atom is -0.341 e. The molecule has 0 bridgehead atoms. The Labute approximate surface area is 132 Å². The largest absolute Gasteiger partial charge is 0.341 e. The van der Waals surface area contributed by atoms with Gasteiger partial charge in [-0.15, -0.1) is 0 Å². The van der Waals surface area contributed by atoms with E-state index in [1.807, 2.05) is 6.07 Å². The zero-order valence-electron chi connectivity index (χ0n) is 13.0. The Morgan fingerprint density at radius 3 is 2.57 bits per heavy atom. The van der Waals surface area contributed by atoms with Crippen molar-refractivity contribution in [1.29, 1.82) is 0 Å². The maximum absolute atomic E-state index is 6.17. The number of rotatable bonds is 6. The molecule has 0 amide bonds. The molecule has 0 spiro atoms. The molecule has 0 aliphatic heterocycles. The van der Waals surface area contributed by atoms with Gasteiger partial charge in [0.25, 0.3) is 0 Å². The van der Waals surface area contributed by atoms with Crippen LogP contribution >= 0.6 is 11.6 Å².